The number of rotatable bonds is 4. The molecule has 144 valence electrons. The predicted octanol–water partition coefficient (Wildman–Crippen LogP) is 3.90. The molecule has 0 atom stereocenters. The number of fused-ring (bicyclic) bond motifs is 1. The molecule has 0 radical (unpaired) electrons. The van der Waals surface area contributed by atoms with Crippen LogP contribution in [0.15, 0.2) is 71.3 Å². The molecule has 4 aromatic heterocycles. The van der Waals surface area contributed by atoms with Crippen molar-refractivity contribution >= 4 is 17.2 Å². The quantitative estimate of drug-likeness (QED) is 0.463. The lowest BCUT2D eigenvalue weighted by molar-refractivity contribution is 0.864. The Hall–Kier alpha value is -4.65. The van der Waals surface area contributed by atoms with Crippen LogP contribution in [0, 0.1) is 18.3 Å². The van der Waals surface area contributed by atoms with Gasteiger partial charge in [-0.15, -0.1) is 20.4 Å². The van der Waals surface area contributed by atoms with Gasteiger partial charge in [0.25, 0.3) is 0 Å². The van der Waals surface area contributed by atoms with Gasteiger partial charge in [0.2, 0.25) is 5.65 Å². The van der Waals surface area contributed by atoms with Crippen molar-refractivity contribution in [3.8, 4) is 23.1 Å². The summed E-state index contributed by atoms with van der Waals surface area (Å²) in [7, 11) is 0. The zero-order valence-electron chi connectivity index (χ0n) is 15.8. The molecule has 0 saturated heterocycles. The minimum Gasteiger partial charge on any atom is -0.293 e. The number of nitriles is 1. The summed E-state index contributed by atoms with van der Waals surface area (Å²) in [6.07, 6.45) is 4.75. The fraction of sp³-hybridized carbons (Fsp3) is 0.0500. The van der Waals surface area contributed by atoms with Gasteiger partial charge in [-0.1, -0.05) is 30.3 Å². The van der Waals surface area contributed by atoms with Crippen molar-refractivity contribution in [1.29, 1.82) is 5.26 Å². The summed E-state index contributed by atoms with van der Waals surface area (Å²) >= 11 is 0. The fourth-order valence-corrected chi connectivity index (χ4v) is 3.11. The van der Waals surface area contributed by atoms with E-state index in [1.807, 2.05) is 43.3 Å². The largest absolute Gasteiger partial charge is 0.293 e. The number of aromatic amines is 1. The number of azo groups is 1. The standard InChI is InChI=1S/C20H14N10/c1-13-17(20-27-26-18(30(20)28-13)14-6-3-2-4-7-14)24-25-19-15(10-21)11-23-29(19)16-8-5-9-22-12-16/h2-9,11-12,28H,1H3. The van der Waals surface area contributed by atoms with Crippen LogP contribution in [0.1, 0.15) is 11.3 Å². The number of nitrogens with zero attached hydrogens (tertiary/aromatic N) is 9. The number of aromatic nitrogens is 7. The monoisotopic (exact) mass is 394 g/mol. The molecule has 0 unspecified atom stereocenters. The molecular weight excluding hydrogens is 380 g/mol. The van der Waals surface area contributed by atoms with Crippen LogP contribution < -0.4 is 0 Å². The Labute approximate surface area is 170 Å². The van der Waals surface area contributed by atoms with Crippen molar-refractivity contribution in [3.63, 3.8) is 0 Å². The molecule has 4 heterocycles. The number of benzene rings is 1. The van der Waals surface area contributed by atoms with Gasteiger partial charge >= 0.3 is 0 Å². The first-order chi connectivity index (χ1) is 14.8. The summed E-state index contributed by atoms with van der Waals surface area (Å²) in [6.45, 7) is 1.88. The molecular formula is C20H14N10. The van der Waals surface area contributed by atoms with E-state index in [0.717, 1.165) is 11.3 Å². The number of hydrogen-bond acceptors (Lipinski definition) is 7. The summed E-state index contributed by atoms with van der Waals surface area (Å²) < 4.78 is 3.29. The second kappa shape index (κ2) is 7.06. The zero-order chi connectivity index (χ0) is 20.5. The number of pyridine rings is 1. The van der Waals surface area contributed by atoms with E-state index >= 15 is 0 Å². The highest BCUT2D eigenvalue weighted by Crippen LogP contribution is 2.30. The Balaban J connectivity index is 1.59. The Bertz CT molecular complexity index is 1400. The summed E-state index contributed by atoms with van der Waals surface area (Å²) in [5, 5.41) is 34.1. The van der Waals surface area contributed by atoms with Crippen molar-refractivity contribution in [2.45, 2.75) is 6.92 Å². The van der Waals surface area contributed by atoms with Crippen molar-refractivity contribution < 1.29 is 0 Å². The molecule has 30 heavy (non-hydrogen) atoms. The van der Waals surface area contributed by atoms with E-state index in [1.165, 1.54) is 10.9 Å². The number of aryl methyl sites for hydroxylation is 1. The Morgan fingerprint density at radius 1 is 1.03 bits per heavy atom. The molecule has 1 N–H and O–H groups in total. The van der Waals surface area contributed by atoms with Gasteiger partial charge in [-0.2, -0.15) is 10.4 Å². The van der Waals surface area contributed by atoms with E-state index in [0.29, 0.717) is 34.2 Å². The second-order valence-electron chi connectivity index (χ2n) is 6.45. The molecule has 0 aliphatic carbocycles. The normalized spacial score (nSPS) is 11.3. The third kappa shape index (κ3) is 2.82. The highest BCUT2D eigenvalue weighted by molar-refractivity contribution is 5.70. The molecule has 10 heteroatoms. The van der Waals surface area contributed by atoms with Crippen molar-refractivity contribution in [2.75, 3.05) is 0 Å². The number of hydrogen-bond donors (Lipinski definition) is 1. The average Bonchev–Trinajstić information content (AvgIpc) is 3.47. The van der Waals surface area contributed by atoms with E-state index < -0.39 is 0 Å². The summed E-state index contributed by atoms with van der Waals surface area (Å²) in [5.41, 5.74) is 3.76. The molecule has 0 saturated carbocycles. The minimum absolute atomic E-state index is 0.304. The zero-order valence-corrected chi connectivity index (χ0v) is 15.8. The van der Waals surface area contributed by atoms with E-state index in [2.05, 4.69) is 41.7 Å². The summed E-state index contributed by atoms with van der Waals surface area (Å²) in [4.78, 5) is 4.09. The van der Waals surface area contributed by atoms with Gasteiger partial charge in [0, 0.05) is 11.8 Å². The van der Waals surface area contributed by atoms with Crippen molar-refractivity contribution in [3.05, 3.63) is 72.3 Å². The molecule has 0 fully saturated rings. The van der Waals surface area contributed by atoms with Gasteiger partial charge in [-0.3, -0.25) is 10.1 Å². The summed E-state index contributed by atoms with van der Waals surface area (Å²) in [5.74, 6) is 0.986. The van der Waals surface area contributed by atoms with Gasteiger partial charge in [0.1, 0.15) is 11.6 Å². The lowest BCUT2D eigenvalue weighted by Crippen LogP contribution is -1.95. The van der Waals surface area contributed by atoms with Gasteiger partial charge in [-0.05, 0) is 19.1 Å². The topological polar surface area (TPSA) is 125 Å². The maximum Gasteiger partial charge on any atom is 0.205 e. The van der Waals surface area contributed by atoms with E-state index in [4.69, 9.17) is 0 Å². The Kier molecular flexibility index (Phi) is 4.11. The molecule has 5 aromatic rings. The maximum absolute atomic E-state index is 9.44. The highest BCUT2D eigenvalue weighted by Gasteiger charge is 2.17. The Morgan fingerprint density at radius 3 is 2.67 bits per heavy atom. The van der Waals surface area contributed by atoms with Gasteiger partial charge in [-0.25, -0.2) is 9.20 Å². The molecule has 0 aliphatic rings. The van der Waals surface area contributed by atoms with Crippen LogP contribution in [0.3, 0.4) is 0 Å². The molecule has 0 spiro atoms. The number of nitrogens with one attached hydrogen (secondary N) is 1. The van der Waals surface area contributed by atoms with Gasteiger partial charge < -0.3 is 0 Å². The second-order valence-corrected chi connectivity index (χ2v) is 6.45. The first-order valence-corrected chi connectivity index (χ1v) is 9.05. The van der Waals surface area contributed by atoms with E-state index in [-0.39, 0.29) is 0 Å². The molecule has 1 aromatic carbocycles. The van der Waals surface area contributed by atoms with Crippen LogP contribution in [0.5, 0.6) is 0 Å². The Morgan fingerprint density at radius 2 is 1.90 bits per heavy atom. The maximum atomic E-state index is 9.44. The smallest absolute Gasteiger partial charge is 0.205 e. The molecule has 0 bridgehead atoms. The van der Waals surface area contributed by atoms with Crippen molar-refractivity contribution in [1.82, 2.24) is 34.6 Å². The molecule has 5 rings (SSSR count). The third-order valence-electron chi connectivity index (χ3n) is 4.54. The highest BCUT2D eigenvalue weighted by atomic mass is 15.4. The van der Waals surface area contributed by atoms with Gasteiger partial charge in [0.05, 0.1) is 23.8 Å². The SMILES string of the molecule is Cc1[nH]n2c(-c3ccccc3)nnc2c1N=Nc1c(C#N)cnn1-c1cccnc1. The predicted molar refractivity (Wildman–Crippen MR) is 108 cm³/mol. The lowest BCUT2D eigenvalue weighted by atomic mass is 10.2. The minimum atomic E-state index is 0.304. The lowest BCUT2D eigenvalue weighted by Gasteiger charge is -2.02. The van der Waals surface area contributed by atoms with Crippen LogP contribution >= 0.6 is 0 Å². The average molecular weight is 394 g/mol. The fourth-order valence-electron chi connectivity index (χ4n) is 3.11. The van der Waals surface area contributed by atoms with Crippen LogP contribution in [-0.4, -0.2) is 34.6 Å². The summed E-state index contributed by atoms with van der Waals surface area (Å²) in [6, 6.07) is 15.4. The molecule has 0 aliphatic heterocycles. The first-order valence-electron chi connectivity index (χ1n) is 9.05. The van der Waals surface area contributed by atoms with Crippen LogP contribution in [0.4, 0.5) is 11.5 Å². The first kappa shape index (κ1) is 17.4. The van der Waals surface area contributed by atoms with Crippen LogP contribution in [0.2, 0.25) is 0 Å². The molecule has 10 nitrogen and oxygen atoms in total. The molecule has 0 amide bonds. The van der Waals surface area contributed by atoms with Crippen molar-refractivity contribution in [2.24, 2.45) is 10.2 Å². The number of H-pyrrole nitrogens is 1. The van der Waals surface area contributed by atoms with E-state index in [1.54, 1.807) is 23.0 Å². The van der Waals surface area contributed by atoms with Crippen LogP contribution in [-0.2, 0) is 0 Å². The van der Waals surface area contributed by atoms with Gasteiger partial charge in [0.15, 0.2) is 17.3 Å². The van der Waals surface area contributed by atoms with Crippen LogP contribution in [0.25, 0.3) is 22.7 Å². The van der Waals surface area contributed by atoms with E-state index in [9.17, 15) is 5.26 Å². The third-order valence-corrected chi connectivity index (χ3v) is 4.54.